The van der Waals surface area contributed by atoms with E-state index in [1.54, 1.807) is 0 Å². The van der Waals surface area contributed by atoms with Crippen molar-refractivity contribution in [3.05, 3.63) is 12.2 Å². The molecule has 0 amide bonds. The van der Waals surface area contributed by atoms with Crippen LogP contribution in [-0.2, 0) is 0 Å². The molecule has 0 aromatic rings. The lowest BCUT2D eigenvalue weighted by Gasteiger charge is -2.17. The molecule has 0 unspecified atom stereocenters. The predicted octanol–water partition coefficient (Wildman–Crippen LogP) is 10.0. The Morgan fingerprint density at radius 2 is 0.571 bits per heavy atom. The molecule has 4 heteroatoms. The molecule has 0 aliphatic heterocycles. The van der Waals surface area contributed by atoms with Crippen LogP contribution in [0.25, 0.3) is 0 Å². The summed E-state index contributed by atoms with van der Waals surface area (Å²) >= 11 is 0. The van der Waals surface area contributed by atoms with Gasteiger partial charge < -0.3 is 5.32 Å². The zero-order valence-corrected chi connectivity index (χ0v) is 29.1. The number of nitrogens with one attached hydrogen (secondary N) is 1. The minimum atomic E-state index is 0. The Morgan fingerprint density at radius 3 is 0.600 bits per heavy atom. The molecule has 0 aliphatic carbocycles. The van der Waals surface area contributed by atoms with E-state index in [1.807, 2.05) is 7.05 Å². The summed E-state index contributed by atoms with van der Waals surface area (Å²) in [5.41, 5.74) is 2.49. The predicted molar refractivity (Wildman–Crippen MR) is 174 cm³/mol. The molecule has 0 saturated carbocycles. The van der Waals surface area contributed by atoms with Crippen LogP contribution >= 0.6 is 0 Å². The van der Waals surface area contributed by atoms with Gasteiger partial charge >= 0.3 is 0 Å². The van der Waals surface area contributed by atoms with E-state index in [2.05, 4.69) is 163 Å². The Balaban J connectivity index is -0.0000000437. The third-order valence-corrected chi connectivity index (χ3v) is 2.89. The maximum absolute atomic E-state index is 3.10. The summed E-state index contributed by atoms with van der Waals surface area (Å²) in [6.07, 6.45) is 5.81. The van der Waals surface area contributed by atoms with Crippen LogP contribution < -0.4 is 5.32 Å². The van der Waals surface area contributed by atoms with Gasteiger partial charge in [0, 0.05) is 30.8 Å². The van der Waals surface area contributed by atoms with Crippen LogP contribution in [0, 0.1) is 27.1 Å². The number of allylic oxidation sites excluding steroid dienone is 2. The van der Waals surface area contributed by atoms with Crippen LogP contribution in [0.15, 0.2) is 12.2 Å². The Hall–Kier alpha value is -0.105. The fourth-order valence-corrected chi connectivity index (χ4v) is 0.500. The highest BCUT2D eigenvalue weighted by molar-refractivity contribution is 5.76. The van der Waals surface area contributed by atoms with Crippen LogP contribution in [0.4, 0.5) is 0 Å². The van der Waals surface area contributed by atoms with Gasteiger partial charge in [-0.15, -0.1) is 0 Å². The van der Waals surface area contributed by atoms with E-state index in [0.29, 0.717) is 32.6 Å². The van der Waals surface area contributed by atoms with Gasteiger partial charge in [0.1, 0.15) is 0 Å². The van der Waals surface area contributed by atoms with E-state index >= 15 is 0 Å². The molecule has 0 aromatic heterocycles. The number of rotatable bonds is 0. The standard InChI is InChI=1S/C10H20.C6H14.C5H13N.2C5H12.3B/c1-9(2,3)7-8-10(4,5)6;1-5-6(2,3)4;1-5(2,3)6-4;2*1-5(2,3)4;;;/h7-8H,1-6H3;5H2,1-4H3;6H,1-4H3;2*1-4H3;;;/b8-7-;;;;;;;. The summed E-state index contributed by atoms with van der Waals surface area (Å²) in [7, 11) is 1.96. The van der Waals surface area contributed by atoms with Gasteiger partial charge in [-0.3, -0.25) is 0 Å². The highest BCUT2D eigenvalue weighted by atomic mass is 14.9. The maximum atomic E-state index is 3.10. The molecule has 1 N–H and O–H groups in total. The van der Waals surface area contributed by atoms with Gasteiger partial charge in [-0.1, -0.05) is 143 Å². The van der Waals surface area contributed by atoms with Gasteiger partial charge in [-0.2, -0.15) is 0 Å². The van der Waals surface area contributed by atoms with Crippen molar-refractivity contribution in [1.29, 1.82) is 0 Å². The zero-order chi connectivity index (χ0) is 27.8. The van der Waals surface area contributed by atoms with E-state index in [0.717, 1.165) is 0 Å². The number of hydrogen-bond acceptors (Lipinski definition) is 1. The Kier molecular flexibility index (Phi) is 36.5. The summed E-state index contributed by atoms with van der Waals surface area (Å²) in [5.74, 6) is 0. The Labute approximate surface area is 234 Å². The fraction of sp³-hybridized carbons (Fsp3) is 0.935. The summed E-state index contributed by atoms with van der Waals surface area (Å²) in [4.78, 5) is 0. The highest BCUT2D eigenvalue weighted by Gasteiger charge is 2.08. The molecule has 1 nitrogen and oxygen atoms in total. The minimum Gasteiger partial charge on any atom is -0.315 e. The summed E-state index contributed by atoms with van der Waals surface area (Å²) in [5, 5.41) is 3.10. The number of hydrogen-bond donors (Lipinski definition) is 1. The van der Waals surface area contributed by atoms with Crippen molar-refractivity contribution in [3.8, 4) is 0 Å². The first kappa shape index (κ1) is 55.4. The largest absolute Gasteiger partial charge is 0.315 e. The normalized spacial score (nSPS) is 11.7. The average molecular weight is 490 g/mol. The summed E-state index contributed by atoms with van der Waals surface area (Å²) in [6.45, 7) is 46.1. The van der Waals surface area contributed by atoms with Crippen LogP contribution in [-0.4, -0.2) is 37.8 Å². The molecule has 0 aromatic carbocycles. The molecule has 35 heavy (non-hydrogen) atoms. The molecule has 0 aliphatic rings. The molecule has 0 spiro atoms. The van der Waals surface area contributed by atoms with Gasteiger partial charge in [-0.25, -0.2) is 0 Å². The highest BCUT2D eigenvalue weighted by Crippen LogP contribution is 2.21. The Bertz CT molecular complexity index is 373. The molecule has 0 saturated heterocycles. The molecular weight excluding hydrogens is 419 g/mol. The van der Waals surface area contributed by atoms with E-state index in [4.69, 9.17) is 0 Å². The molecule has 0 bridgehead atoms. The van der Waals surface area contributed by atoms with Gasteiger partial charge in [0.2, 0.25) is 0 Å². The van der Waals surface area contributed by atoms with Crippen molar-refractivity contribution in [2.75, 3.05) is 7.05 Å². The van der Waals surface area contributed by atoms with E-state index in [9.17, 15) is 0 Å². The second kappa shape index (κ2) is 23.0. The smallest absolute Gasteiger partial charge is 0.00935 e. The first-order chi connectivity index (χ1) is 13.3. The topological polar surface area (TPSA) is 12.0 Å². The van der Waals surface area contributed by atoms with Gasteiger partial charge in [-0.05, 0) is 54.9 Å². The van der Waals surface area contributed by atoms with Crippen molar-refractivity contribution >= 4 is 25.2 Å². The third-order valence-electron chi connectivity index (χ3n) is 2.89. The van der Waals surface area contributed by atoms with Crippen molar-refractivity contribution in [3.63, 3.8) is 0 Å². The SMILES string of the molecule is CC(C)(C)/C=C\C(C)(C)C.CC(C)(C)C.CC(C)(C)C.CCC(C)(C)C.CNC(C)(C)C.[B].[B].[B]. The quantitative estimate of drug-likeness (QED) is 0.263. The van der Waals surface area contributed by atoms with Crippen LogP contribution in [0.2, 0.25) is 0 Å². The Morgan fingerprint density at radius 1 is 0.457 bits per heavy atom. The van der Waals surface area contributed by atoms with E-state index in [-0.39, 0.29) is 25.2 Å². The second-order valence-corrected chi connectivity index (χ2v) is 16.5. The van der Waals surface area contributed by atoms with Crippen LogP contribution in [0.5, 0.6) is 0 Å². The lowest BCUT2D eigenvalue weighted by molar-refractivity contribution is 0.398. The molecule has 0 rings (SSSR count). The van der Waals surface area contributed by atoms with E-state index in [1.165, 1.54) is 6.42 Å². The third kappa shape index (κ3) is 207. The lowest BCUT2D eigenvalue weighted by atomic mass is 9.89. The van der Waals surface area contributed by atoms with Crippen LogP contribution in [0.3, 0.4) is 0 Å². The average Bonchev–Trinajstić information content (AvgIpc) is 2.40. The lowest BCUT2D eigenvalue weighted by Crippen LogP contribution is -2.31. The molecule has 9 radical (unpaired) electrons. The summed E-state index contributed by atoms with van der Waals surface area (Å²) in [6, 6.07) is 0. The zero-order valence-electron chi connectivity index (χ0n) is 29.1. The fourth-order valence-electron chi connectivity index (χ4n) is 0.500. The monoisotopic (exact) mass is 491 g/mol. The van der Waals surface area contributed by atoms with Crippen molar-refractivity contribution in [2.45, 2.75) is 157 Å². The van der Waals surface area contributed by atoms with Crippen LogP contribution in [0.1, 0.15) is 152 Å². The molecule has 0 atom stereocenters. The maximum Gasteiger partial charge on any atom is 0.00935 e. The molecular formula is C31H71B3N. The minimum absolute atomic E-state index is 0. The van der Waals surface area contributed by atoms with E-state index < -0.39 is 0 Å². The summed E-state index contributed by atoms with van der Waals surface area (Å²) < 4.78 is 0. The molecule has 0 heterocycles. The first-order valence-electron chi connectivity index (χ1n) is 12.7. The second-order valence-electron chi connectivity index (χ2n) is 16.5. The van der Waals surface area contributed by atoms with Crippen molar-refractivity contribution in [2.24, 2.45) is 27.1 Å². The first-order valence-corrected chi connectivity index (χ1v) is 12.7. The molecule has 209 valence electrons. The van der Waals surface area contributed by atoms with Gasteiger partial charge in [0.05, 0.1) is 0 Å². The van der Waals surface area contributed by atoms with Crippen molar-refractivity contribution < 1.29 is 0 Å². The van der Waals surface area contributed by atoms with Crippen molar-refractivity contribution in [1.82, 2.24) is 5.32 Å². The van der Waals surface area contributed by atoms with Gasteiger partial charge in [0.15, 0.2) is 0 Å². The van der Waals surface area contributed by atoms with Gasteiger partial charge in [0.25, 0.3) is 0 Å². The molecule has 0 fully saturated rings.